The van der Waals surface area contributed by atoms with Crippen LogP contribution in [0.3, 0.4) is 0 Å². The van der Waals surface area contributed by atoms with Crippen molar-refractivity contribution in [1.29, 1.82) is 0 Å². The average molecular weight is 324 g/mol. The minimum atomic E-state index is 0.847. The van der Waals surface area contributed by atoms with Gasteiger partial charge in [-0.15, -0.1) is 0 Å². The summed E-state index contributed by atoms with van der Waals surface area (Å²) in [6.45, 7) is 0.847. The van der Waals surface area contributed by atoms with Gasteiger partial charge in [-0.05, 0) is 24.3 Å². The highest BCUT2D eigenvalue weighted by Crippen LogP contribution is 2.34. The molecule has 0 spiro atoms. The Morgan fingerprint density at radius 2 is 1.92 bits per heavy atom. The molecule has 1 aliphatic heterocycles. The van der Waals surface area contributed by atoms with E-state index in [1.165, 1.54) is 17.0 Å². The number of hydrogen-bond donors (Lipinski definition) is 0. The molecule has 0 N–H and O–H groups in total. The fourth-order valence-corrected chi connectivity index (χ4v) is 3.93. The second-order valence-corrected chi connectivity index (χ2v) is 6.33. The second kappa shape index (κ2) is 4.54. The molecule has 118 valence electrons. The lowest BCUT2D eigenvalue weighted by molar-refractivity contribution is -0.645. The first-order chi connectivity index (χ1) is 12.4. The van der Waals surface area contributed by atoms with Crippen LogP contribution < -0.4 is 4.57 Å². The third kappa shape index (κ3) is 1.59. The van der Waals surface area contributed by atoms with E-state index in [-0.39, 0.29) is 0 Å². The molecule has 5 heteroatoms. The van der Waals surface area contributed by atoms with Crippen molar-refractivity contribution >= 4 is 16.7 Å². The molecular formula is C20H14N5+. The van der Waals surface area contributed by atoms with E-state index in [4.69, 9.17) is 0 Å². The number of nitrogens with zero attached hydrogens (tertiary/aromatic N) is 5. The molecule has 0 bridgehead atoms. The Balaban J connectivity index is 1.83. The number of hydrogen-bond acceptors (Lipinski definition) is 2. The van der Waals surface area contributed by atoms with Gasteiger partial charge >= 0.3 is 0 Å². The zero-order chi connectivity index (χ0) is 16.4. The normalized spacial score (nSPS) is 12.6. The Morgan fingerprint density at radius 1 is 1.00 bits per heavy atom. The van der Waals surface area contributed by atoms with Gasteiger partial charge in [-0.25, -0.2) is 9.55 Å². The predicted octanol–water partition coefficient (Wildman–Crippen LogP) is 2.99. The molecular weight excluding hydrogens is 310 g/mol. The van der Waals surface area contributed by atoms with E-state index in [1.807, 2.05) is 36.9 Å². The third-order valence-corrected chi connectivity index (χ3v) is 4.96. The van der Waals surface area contributed by atoms with E-state index in [0.717, 1.165) is 28.9 Å². The minimum Gasteiger partial charge on any atom is -0.300 e. The monoisotopic (exact) mass is 324 g/mol. The van der Waals surface area contributed by atoms with Gasteiger partial charge in [-0.3, -0.25) is 4.98 Å². The topological polar surface area (TPSA) is 39.0 Å². The van der Waals surface area contributed by atoms with Gasteiger partial charge < -0.3 is 4.40 Å². The van der Waals surface area contributed by atoms with Crippen LogP contribution in [0.1, 0.15) is 5.56 Å². The summed E-state index contributed by atoms with van der Waals surface area (Å²) in [7, 11) is 0. The summed E-state index contributed by atoms with van der Waals surface area (Å²) in [5.74, 6) is 1.17. The molecule has 0 fully saturated rings. The predicted molar refractivity (Wildman–Crippen MR) is 94.6 cm³/mol. The Morgan fingerprint density at radius 3 is 2.84 bits per heavy atom. The second-order valence-electron chi connectivity index (χ2n) is 6.33. The summed E-state index contributed by atoms with van der Waals surface area (Å²) in [4.78, 5) is 8.99. The summed E-state index contributed by atoms with van der Waals surface area (Å²) >= 11 is 0. The summed E-state index contributed by atoms with van der Waals surface area (Å²) in [5, 5.41) is 0. The fourth-order valence-electron chi connectivity index (χ4n) is 3.93. The fraction of sp³-hybridized carbons (Fsp3) is 0.0500. The Hall–Kier alpha value is -3.47. The molecule has 0 saturated carbocycles. The molecule has 5 heterocycles. The lowest BCUT2D eigenvalue weighted by Gasteiger charge is -2.00. The molecule has 1 aliphatic rings. The highest BCUT2D eigenvalue weighted by Gasteiger charge is 2.37. The number of pyridine rings is 1. The van der Waals surface area contributed by atoms with Gasteiger partial charge in [0.15, 0.2) is 5.65 Å². The number of para-hydroxylation sites is 1. The van der Waals surface area contributed by atoms with E-state index >= 15 is 0 Å². The van der Waals surface area contributed by atoms with Crippen molar-refractivity contribution in [3.63, 3.8) is 0 Å². The van der Waals surface area contributed by atoms with Crippen LogP contribution in [0.25, 0.3) is 33.8 Å². The standard InChI is InChI=1S/C20H14N5/c1-2-5-15(6-3-1)25-17-13-23-10-4-8-22-19(23)18(17)24-12-14-7-9-21-11-16(14)20(24)25/h1-11,13H,12H2/q+1. The lowest BCUT2D eigenvalue weighted by Crippen LogP contribution is -2.31. The van der Waals surface area contributed by atoms with Gasteiger partial charge in [0.25, 0.3) is 5.82 Å². The van der Waals surface area contributed by atoms with Crippen LogP contribution in [-0.2, 0) is 6.54 Å². The van der Waals surface area contributed by atoms with E-state index < -0.39 is 0 Å². The van der Waals surface area contributed by atoms with Crippen molar-refractivity contribution in [2.45, 2.75) is 6.54 Å². The third-order valence-electron chi connectivity index (χ3n) is 4.96. The quantitative estimate of drug-likeness (QED) is 0.436. The Bertz CT molecular complexity index is 1260. The molecule has 4 aromatic heterocycles. The molecule has 0 saturated heterocycles. The first kappa shape index (κ1) is 12.9. The Labute approximate surface area is 143 Å². The average Bonchev–Trinajstić information content (AvgIpc) is 3.29. The van der Waals surface area contributed by atoms with E-state index in [1.54, 1.807) is 0 Å². The van der Waals surface area contributed by atoms with E-state index in [9.17, 15) is 0 Å². The maximum atomic E-state index is 4.63. The number of benzene rings is 1. The van der Waals surface area contributed by atoms with Gasteiger partial charge in [0, 0.05) is 30.4 Å². The number of aromatic nitrogens is 5. The minimum absolute atomic E-state index is 0.847. The van der Waals surface area contributed by atoms with Crippen molar-refractivity contribution in [2.75, 3.05) is 0 Å². The zero-order valence-electron chi connectivity index (χ0n) is 13.4. The van der Waals surface area contributed by atoms with Crippen LogP contribution in [0.5, 0.6) is 0 Å². The molecule has 0 aliphatic carbocycles. The molecule has 0 amide bonds. The molecule has 0 unspecified atom stereocenters. The maximum Gasteiger partial charge on any atom is 0.297 e. The first-order valence-corrected chi connectivity index (χ1v) is 8.30. The van der Waals surface area contributed by atoms with Gasteiger partial charge in [0.2, 0.25) is 11.0 Å². The van der Waals surface area contributed by atoms with Crippen LogP contribution in [0.2, 0.25) is 0 Å². The van der Waals surface area contributed by atoms with Crippen molar-refractivity contribution < 1.29 is 4.57 Å². The number of imidazole rings is 1. The van der Waals surface area contributed by atoms with E-state index in [2.05, 4.69) is 60.0 Å². The van der Waals surface area contributed by atoms with Gasteiger partial charge in [-0.1, -0.05) is 18.2 Å². The van der Waals surface area contributed by atoms with Crippen LogP contribution >= 0.6 is 0 Å². The van der Waals surface area contributed by atoms with Crippen LogP contribution in [-0.4, -0.2) is 18.9 Å². The molecule has 6 rings (SSSR count). The zero-order valence-corrected chi connectivity index (χ0v) is 13.4. The Kier molecular flexibility index (Phi) is 2.34. The van der Waals surface area contributed by atoms with E-state index in [0.29, 0.717) is 0 Å². The summed E-state index contributed by atoms with van der Waals surface area (Å²) in [6.07, 6.45) is 9.90. The molecule has 0 atom stereocenters. The summed E-state index contributed by atoms with van der Waals surface area (Å²) in [5.41, 5.74) is 6.94. The summed E-state index contributed by atoms with van der Waals surface area (Å²) in [6, 6.07) is 14.5. The molecule has 5 nitrogen and oxygen atoms in total. The van der Waals surface area contributed by atoms with Crippen molar-refractivity contribution in [3.8, 4) is 17.1 Å². The molecule has 0 radical (unpaired) electrons. The van der Waals surface area contributed by atoms with Crippen molar-refractivity contribution in [1.82, 2.24) is 18.9 Å². The molecule has 5 aromatic rings. The maximum absolute atomic E-state index is 4.63. The number of rotatable bonds is 1. The lowest BCUT2D eigenvalue weighted by atomic mass is 10.1. The first-order valence-electron chi connectivity index (χ1n) is 8.30. The van der Waals surface area contributed by atoms with Crippen LogP contribution in [0, 0.1) is 0 Å². The summed E-state index contributed by atoms with van der Waals surface area (Å²) < 4.78 is 6.77. The SMILES string of the molecule is c1ccc(-n2c3[n+](c4c2cn2cccnc42)Cc2ccncc2-3)cc1. The highest BCUT2D eigenvalue weighted by molar-refractivity contribution is 5.91. The van der Waals surface area contributed by atoms with Crippen molar-refractivity contribution in [3.05, 3.63) is 79.0 Å². The van der Waals surface area contributed by atoms with Gasteiger partial charge in [0.05, 0.1) is 11.8 Å². The van der Waals surface area contributed by atoms with Gasteiger partial charge in [-0.2, -0.15) is 4.57 Å². The highest BCUT2D eigenvalue weighted by atomic mass is 15.2. The van der Waals surface area contributed by atoms with Gasteiger partial charge in [0.1, 0.15) is 12.2 Å². The number of fused-ring (bicyclic) bond motifs is 7. The largest absolute Gasteiger partial charge is 0.300 e. The smallest absolute Gasteiger partial charge is 0.297 e. The molecule has 1 aromatic carbocycles. The molecule has 25 heavy (non-hydrogen) atoms. The van der Waals surface area contributed by atoms with Crippen LogP contribution in [0.15, 0.2) is 73.4 Å². The van der Waals surface area contributed by atoms with Crippen LogP contribution in [0.4, 0.5) is 0 Å². The van der Waals surface area contributed by atoms with Crippen molar-refractivity contribution in [2.24, 2.45) is 0 Å².